The summed E-state index contributed by atoms with van der Waals surface area (Å²) in [4.78, 5) is 14.9. The average Bonchev–Trinajstić information content (AvgIpc) is 3.67. The maximum absolute atomic E-state index is 12.5. The third-order valence-corrected chi connectivity index (χ3v) is 8.17. The summed E-state index contributed by atoms with van der Waals surface area (Å²) in [6.07, 6.45) is 4.15. The summed E-state index contributed by atoms with van der Waals surface area (Å²) in [6, 6.07) is 12.1. The number of pyridine rings is 1. The largest absolute Gasteiger partial charge is 0.491 e. The second-order valence-corrected chi connectivity index (χ2v) is 12.0. The highest BCUT2D eigenvalue weighted by molar-refractivity contribution is 7.92. The van der Waals surface area contributed by atoms with E-state index in [0.717, 1.165) is 12.1 Å². The third-order valence-electron chi connectivity index (χ3n) is 6.63. The molecule has 1 N–H and O–H groups in total. The minimum Gasteiger partial charge on any atom is -0.491 e. The number of hydrogen-bond acceptors (Lipinski definition) is 6. The van der Waals surface area contributed by atoms with Crippen molar-refractivity contribution in [2.45, 2.75) is 26.3 Å². The number of aromatic nitrogens is 1. The van der Waals surface area contributed by atoms with Crippen molar-refractivity contribution in [3.05, 3.63) is 69.6 Å². The molecule has 5 rings (SSSR count). The van der Waals surface area contributed by atoms with Crippen molar-refractivity contribution in [3.8, 4) is 28.4 Å². The van der Waals surface area contributed by atoms with Crippen LogP contribution in [0.4, 0.5) is 5.69 Å². The van der Waals surface area contributed by atoms with Crippen molar-refractivity contribution in [3.63, 3.8) is 0 Å². The summed E-state index contributed by atoms with van der Waals surface area (Å²) in [7, 11) is -1.83. The van der Waals surface area contributed by atoms with Crippen LogP contribution < -0.4 is 19.8 Å². The summed E-state index contributed by atoms with van der Waals surface area (Å²) in [5.74, 6) is 2.22. The lowest BCUT2D eigenvalue weighted by molar-refractivity contribution is 0.195. The number of hydrogen-bond donors (Lipinski definition) is 1. The zero-order valence-corrected chi connectivity index (χ0v) is 22.4. The normalized spacial score (nSPS) is 16.2. The van der Waals surface area contributed by atoms with Crippen LogP contribution in [0.15, 0.2) is 53.5 Å². The van der Waals surface area contributed by atoms with Crippen LogP contribution in [0.2, 0.25) is 5.02 Å². The second-order valence-electron chi connectivity index (χ2n) is 9.60. The molecule has 0 saturated heterocycles. The third kappa shape index (κ3) is 6.11. The molecule has 1 saturated carbocycles. The van der Waals surface area contributed by atoms with E-state index in [9.17, 15) is 13.2 Å². The number of ether oxygens (including phenoxy) is 2. The lowest BCUT2D eigenvalue weighted by atomic mass is 10.0. The maximum Gasteiger partial charge on any atom is 0.254 e. The number of anilines is 1. The molecule has 3 aromatic rings. The Hall–Kier alpha value is -3.01. The molecule has 10 heteroatoms. The van der Waals surface area contributed by atoms with Gasteiger partial charge in [0.15, 0.2) is 0 Å². The fourth-order valence-electron chi connectivity index (χ4n) is 4.39. The van der Waals surface area contributed by atoms with Gasteiger partial charge in [0.1, 0.15) is 23.9 Å². The molecule has 2 aliphatic rings. The van der Waals surface area contributed by atoms with Gasteiger partial charge in [0.2, 0.25) is 10.0 Å². The molecule has 0 unspecified atom stereocenters. The van der Waals surface area contributed by atoms with Crippen LogP contribution in [0.5, 0.6) is 17.2 Å². The average molecular weight is 544 g/mol. The highest BCUT2D eigenvalue weighted by Gasteiger charge is 2.26. The zero-order chi connectivity index (χ0) is 26.2. The van der Waals surface area contributed by atoms with Crippen LogP contribution in [0.3, 0.4) is 0 Å². The van der Waals surface area contributed by atoms with Crippen molar-refractivity contribution < 1.29 is 17.9 Å². The molecule has 2 heterocycles. The Morgan fingerprint density at radius 3 is 2.59 bits per heavy atom. The first-order valence-corrected chi connectivity index (χ1v) is 14.4. The van der Waals surface area contributed by atoms with Gasteiger partial charge in [-0.05, 0) is 62.1 Å². The predicted molar refractivity (Wildman–Crippen MR) is 145 cm³/mol. The zero-order valence-electron chi connectivity index (χ0n) is 20.9. The van der Waals surface area contributed by atoms with Crippen LogP contribution in [-0.4, -0.2) is 43.3 Å². The number of sulfonamides is 1. The van der Waals surface area contributed by atoms with Gasteiger partial charge in [-0.15, -0.1) is 0 Å². The molecule has 1 aliphatic heterocycles. The minimum absolute atomic E-state index is 0.0553. The molecule has 2 aromatic carbocycles. The van der Waals surface area contributed by atoms with Crippen LogP contribution in [-0.2, 0) is 23.6 Å². The van der Waals surface area contributed by atoms with E-state index in [-0.39, 0.29) is 11.3 Å². The topological polar surface area (TPSA) is 89.9 Å². The fourth-order valence-corrected chi connectivity index (χ4v) is 5.22. The van der Waals surface area contributed by atoms with Gasteiger partial charge in [-0.2, -0.15) is 0 Å². The summed E-state index contributed by atoms with van der Waals surface area (Å²) < 4.78 is 41.3. The van der Waals surface area contributed by atoms with Crippen molar-refractivity contribution >= 4 is 27.3 Å². The van der Waals surface area contributed by atoms with Crippen molar-refractivity contribution in [1.82, 2.24) is 9.47 Å². The summed E-state index contributed by atoms with van der Waals surface area (Å²) in [5.41, 5.74) is 2.36. The highest BCUT2D eigenvalue weighted by atomic mass is 35.5. The second kappa shape index (κ2) is 10.4. The molecule has 0 spiro atoms. The van der Waals surface area contributed by atoms with Gasteiger partial charge < -0.3 is 14.0 Å². The molecule has 1 aromatic heterocycles. The Morgan fingerprint density at radius 1 is 1.05 bits per heavy atom. The summed E-state index contributed by atoms with van der Waals surface area (Å²) >= 11 is 6.37. The Labute approximate surface area is 221 Å². The van der Waals surface area contributed by atoms with E-state index in [2.05, 4.69) is 9.62 Å². The number of rotatable bonds is 5. The minimum atomic E-state index is -3.49. The number of nitrogens with one attached hydrogen (secondary N) is 1. The smallest absolute Gasteiger partial charge is 0.254 e. The van der Waals surface area contributed by atoms with E-state index in [4.69, 9.17) is 21.1 Å². The standard InChI is InChI=1S/C27H30ClN3O5S/c1-3-37(33,34)29-21-7-9-25-22(13-21)23-17-30(2)27(32)14-26(23)35-11-10-31(15-18-4-5-18)16-19-12-20(28)6-8-24(19)36-25/h6-9,12-14,17-18,29H,3-5,10-11,15-16H2,1-2H3. The van der Waals surface area contributed by atoms with Gasteiger partial charge in [-0.25, -0.2) is 8.42 Å². The summed E-state index contributed by atoms with van der Waals surface area (Å²) in [6.45, 7) is 4.23. The van der Waals surface area contributed by atoms with Gasteiger partial charge in [0.25, 0.3) is 5.56 Å². The number of nitrogens with zero attached hydrogens (tertiary/aromatic N) is 2. The Bertz CT molecular complexity index is 1480. The first-order valence-electron chi connectivity index (χ1n) is 12.4. The lowest BCUT2D eigenvalue weighted by Crippen LogP contribution is -2.30. The molecule has 8 nitrogen and oxygen atoms in total. The monoisotopic (exact) mass is 543 g/mol. The molecular formula is C27H30ClN3O5S. The maximum atomic E-state index is 12.5. The summed E-state index contributed by atoms with van der Waals surface area (Å²) in [5, 5.41) is 0.627. The molecule has 0 atom stereocenters. The number of halogens is 1. The lowest BCUT2D eigenvalue weighted by Gasteiger charge is -2.26. The predicted octanol–water partition coefficient (Wildman–Crippen LogP) is 4.86. The van der Waals surface area contributed by atoms with Crippen LogP contribution >= 0.6 is 11.6 Å². The number of benzene rings is 2. The first kappa shape index (κ1) is 25.6. The van der Waals surface area contributed by atoms with E-state index in [0.29, 0.717) is 64.7 Å². The molecule has 37 heavy (non-hydrogen) atoms. The first-order chi connectivity index (χ1) is 17.7. The van der Waals surface area contributed by atoms with Crippen LogP contribution in [0.25, 0.3) is 11.1 Å². The molecular weight excluding hydrogens is 514 g/mol. The molecule has 196 valence electrons. The molecule has 1 fully saturated rings. The fraction of sp³-hybridized carbons (Fsp3) is 0.370. The van der Waals surface area contributed by atoms with E-state index in [1.165, 1.54) is 23.5 Å². The Kier molecular flexibility index (Phi) is 7.20. The Morgan fingerprint density at radius 2 is 1.84 bits per heavy atom. The SMILES string of the molecule is CCS(=O)(=O)Nc1ccc2c(c1)-c1cn(C)c(=O)cc1OCCN(CC1CC1)Cc1cc(Cl)ccc1O2. The molecule has 0 bridgehead atoms. The quantitative estimate of drug-likeness (QED) is 0.494. The molecule has 0 amide bonds. The van der Waals surface area contributed by atoms with Crippen LogP contribution in [0.1, 0.15) is 25.3 Å². The van der Waals surface area contributed by atoms with E-state index in [1.54, 1.807) is 44.4 Å². The van der Waals surface area contributed by atoms with Crippen LogP contribution in [0, 0.1) is 5.92 Å². The van der Waals surface area contributed by atoms with Crippen molar-refractivity contribution in [2.24, 2.45) is 13.0 Å². The Balaban J connectivity index is 1.65. The van der Waals surface area contributed by atoms with Gasteiger partial charge in [0.05, 0.1) is 5.75 Å². The van der Waals surface area contributed by atoms with E-state index >= 15 is 0 Å². The molecule has 0 radical (unpaired) electrons. The van der Waals surface area contributed by atoms with Gasteiger partial charge in [0, 0.05) is 66.3 Å². The van der Waals surface area contributed by atoms with Gasteiger partial charge >= 0.3 is 0 Å². The van der Waals surface area contributed by atoms with Gasteiger partial charge in [-0.3, -0.25) is 14.4 Å². The van der Waals surface area contributed by atoms with E-state index in [1.807, 2.05) is 12.1 Å². The highest BCUT2D eigenvalue weighted by Crippen LogP contribution is 2.41. The number of fused-ring (bicyclic) bond motifs is 4. The molecule has 1 aliphatic carbocycles. The van der Waals surface area contributed by atoms with E-state index < -0.39 is 10.0 Å². The van der Waals surface area contributed by atoms with Crippen molar-refractivity contribution in [2.75, 3.05) is 30.2 Å². The van der Waals surface area contributed by atoms with Gasteiger partial charge in [-0.1, -0.05) is 11.6 Å². The number of aryl methyl sites for hydroxylation is 1. The van der Waals surface area contributed by atoms with Crippen molar-refractivity contribution in [1.29, 1.82) is 0 Å².